The van der Waals surface area contributed by atoms with E-state index in [2.05, 4.69) is 35.9 Å². The first-order valence-corrected chi connectivity index (χ1v) is 12.0. The molecule has 3 aliphatic rings. The van der Waals surface area contributed by atoms with Crippen LogP contribution >= 0.6 is 12.2 Å². The average Bonchev–Trinajstić information content (AvgIpc) is 2.75. The van der Waals surface area contributed by atoms with Gasteiger partial charge in [-0.15, -0.1) is 0 Å². The topological polar surface area (TPSA) is 37.2 Å². The molecule has 2 aliphatic heterocycles. The summed E-state index contributed by atoms with van der Waals surface area (Å²) in [6.07, 6.45) is 6.91. The van der Waals surface area contributed by atoms with Crippen LogP contribution in [0.3, 0.4) is 0 Å². The number of aliphatic imine (C=N–C) groups is 1. The summed E-state index contributed by atoms with van der Waals surface area (Å²) in [7, 11) is -1.04. The summed E-state index contributed by atoms with van der Waals surface area (Å²) in [5.41, 5.74) is 4.97. The lowest BCUT2D eigenvalue weighted by Crippen LogP contribution is -2.26. The molecule has 2 heterocycles. The quantitative estimate of drug-likeness (QED) is 0.437. The molecule has 0 bridgehead atoms. The Morgan fingerprint density at radius 1 is 1.32 bits per heavy atom. The van der Waals surface area contributed by atoms with Gasteiger partial charge in [0.15, 0.2) is 0 Å². The first kappa shape index (κ1) is 15.8. The van der Waals surface area contributed by atoms with Crippen LogP contribution in [0.15, 0.2) is 33.0 Å². The van der Waals surface area contributed by atoms with E-state index in [4.69, 9.17) is 17.0 Å². The molecule has 0 spiro atoms. The van der Waals surface area contributed by atoms with Crippen molar-refractivity contribution in [2.75, 3.05) is 13.3 Å². The van der Waals surface area contributed by atoms with E-state index < -0.39 is 8.07 Å². The van der Waals surface area contributed by atoms with Crippen LogP contribution < -0.4 is 0 Å². The second-order valence-electron chi connectivity index (χ2n) is 7.23. The van der Waals surface area contributed by atoms with Gasteiger partial charge in [-0.3, -0.25) is 0 Å². The summed E-state index contributed by atoms with van der Waals surface area (Å²) in [4.78, 5) is 5.10. The summed E-state index contributed by atoms with van der Waals surface area (Å²) in [5.74, 6) is 0. The van der Waals surface area contributed by atoms with Gasteiger partial charge in [-0.1, -0.05) is 37.4 Å². The lowest BCUT2D eigenvalue weighted by molar-refractivity contribution is 0.0628. The van der Waals surface area contributed by atoms with Gasteiger partial charge in [-0.05, 0) is 24.5 Å². The molecule has 3 rings (SSSR count). The molecular weight excluding hydrogens is 310 g/mol. The molecule has 0 amide bonds. The van der Waals surface area contributed by atoms with Gasteiger partial charge in [0, 0.05) is 32.9 Å². The molecule has 0 atom stereocenters. The highest BCUT2D eigenvalue weighted by Gasteiger charge is 2.29. The van der Waals surface area contributed by atoms with Crippen LogP contribution in [0.1, 0.15) is 19.3 Å². The third-order valence-electron chi connectivity index (χ3n) is 4.08. The van der Waals surface area contributed by atoms with E-state index in [-0.39, 0.29) is 0 Å². The second kappa shape index (κ2) is 6.18. The van der Waals surface area contributed by atoms with E-state index in [9.17, 15) is 0 Å². The van der Waals surface area contributed by atoms with Crippen molar-refractivity contribution in [1.29, 1.82) is 0 Å². The SMILES string of the molecule is C[Si](C)(C)CCOCN1C=C2CCC3=C2C(=N1)C=NC(=S)C3. The lowest BCUT2D eigenvalue weighted by atomic mass is 10.0. The Bertz CT molecular complexity index is 613. The van der Waals surface area contributed by atoms with Crippen LogP contribution in [-0.2, 0) is 4.74 Å². The minimum absolute atomic E-state index is 0.512. The van der Waals surface area contributed by atoms with Crippen LogP contribution in [0.25, 0.3) is 0 Å². The zero-order valence-electron chi connectivity index (χ0n) is 13.6. The molecule has 118 valence electrons. The highest BCUT2D eigenvalue weighted by atomic mass is 32.1. The molecule has 0 aromatic heterocycles. The summed E-state index contributed by atoms with van der Waals surface area (Å²) < 4.78 is 5.81. The number of ether oxygens (including phenoxy) is 1. The molecule has 0 aromatic rings. The van der Waals surface area contributed by atoms with Gasteiger partial charge in [0.05, 0.1) is 6.21 Å². The summed E-state index contributed by atoms with van der Waals surface area (Å²) in [6.45, 7) is 8.41. The number of hydrogen-bond acceptors (Lipinski definition) is 4. The van der Waals surface area contributed by atoms with Crippen LogP contribution in [-0.4, -0.2) is 43.3 Å². The Kier molecular flexibility index (Phi) is 4.43. The van der Waals surface area contributed by atoms with E-state index in [1.807, 2.05) is 11.2 Å². The summed E-state index contributed by atoms with van der Waals surface area (Å²) >= 11 is 5.29. The molecule has 0 fully saturated rings. The minimum Gasteiger partial charge on any atom is -0.360 e. The molecule has 0 aromatic carbocycles. The Labute approximate surface area is 138 Å². The number of rotatable bonds is 5. The van der Waals surface area contributed by atoms with Gasteiger partial charge in [0.25, 0.3) is 0 Å². The third-order valence-corrected chi connectivity index (χ3v) is 6.04. The van der Waals surface area contributed by atoms with Crippen molar-refractivity contribution in [3.8, 4) is 0 Å². The predicted octanol–water partition coefficient (Wildman–Crippen LogP) is 3.75. The number of hydrogen-bond donors (Lipinski definition) is 0. The summed E-state index contributed by atoms with van der Waals surface area (Å²) in [5, 5.41) is 6.57. The van der Waals surface area contributed by atoms with Crippen molar-refractivity contribution < 1.29 is 4.74 Å². The summed E-state index contributed by atoms with van der Waals surface area (Å²) in [6, 6.07) is 1.18. The average molecular weight is 334 g/mol. The highest BCUT2D eigenvalue weighted by molar-refractivity contribution is 7.80. The van der Waals surface area contributed by atoms with E-state index in [0.717, 1.165) is 36.6 Å². The molecule has 22 heavy (non-hydrogen) atoms. The number of nitrogens with zero attached hydrogens (tertiary/aromatic N) is 3. The smallest absolute Gasteiger partial charge is 0.139 e. The zero-order chi connectivity index (χ0) is 15.7. The zero-order valence-corrected chi connectivity index (χ0v) is 15.4. The van der Waals surface area contributed by atoms with Crippen LogP contribution in [0.4, 0.5) is 0 Å². The van der Waals surface area contributed by atoms with Crippen molar-refractivity contribution in [3.63, 3.8) is 0 Å². The molecule has 0 N–H and O–H groups in total. The molecule has 1 aliphatic carbocycles. The Hall–Kier alpha value is -1.11. The van der Waals surface area contributed by atoms with Gasteiger partial charge in [-0.2, -0.15) is 5.10 Å². The lowest BCUT2D eigenvalue weighted by Gasteiger charge is -2.23. The van der Waals surface area contributed by atoms with Crippen molar-refractivity contribution in [2.45, 2.75) is 44.9 Å². The van der Waals surface area contributed by atoms with Crippen molar-refractivity contribution in [1.82, 2.24) is 5.01 Å². The largest absolute Gasteiger partial charge is 0.360 e. The predicted molar refractivity (Wildman–Crippen MR) is 98.3 cm³/mol. The Morgan fingerprint density at radius 3 is 2.91 bits per heavy atom. The fraction of sp³-hybridized carbons (Fsp3) is 0.562. The van der Waals surface area contributed by atoms with Gasteiger partial charge >= 0.3 is 0 Å². The van der Waals surface area contributed by atoms with Gasteiger partial charge in [0.1, 0.15) is 17.4 Å². The van der Waals surface area contributed by atoms with E-state index in [1.165, 1.54) is 22.8 Å². The van der Waals surface area contributed by atoms with Crippen LogP contribution in [0.2, 0.25) is 25.7 Å². The normalized spacial score (nSPS) is 20.9. The number of hydrazone groups is 1. The maximum Gasteiger partial charge on any atom is 0.139 e. The molecule has 0 radical (unpaired) electrons. The van der Waals surface area contributed by atoms with Crippen molar-refractivity contribution in [3.05, 3.63) is 22.9 Å². The molecule has 6 heteroatoms. The standard InChI is InChI=1S/C16H23N3OSSi/c1-22(2,3)7-6-20-11-19-10-13-5-4-12-8-15(21)17-9-14(18-19)16(12)13/h9-10H,4-8,11H2,1-3H3. The maximum atomic E-state index is 5.81. The van der Waals surface area contributed by atoms with Gasteiger partial charge < -0.3 is 4.74 Å². The molecule has 0 saturated carbocycles. The molecule has 0 saturated heterocycles. The molecule has 4 nitrogen and oxygen atoms in total. The monoisotopic (exact) mass is 333 g/mol. The Morgan fingerprint density at radius 2 is 2.14 bits per heavy atom. The fourth-order valence-electron chi connectivity index (χ4n) is 2.87. The van der Waals surface area contributed by atoms with Crippen molar-refractivity contribution in [2.24, 2.45) is 10.1 Å². The fourth-order valence-corrected chi connectivity index (χ4v) is 3.85. The highest BCUT2D eigenvalue weighted by Crippen LogP contribution is 2.37. The third kappa shape index (κ3) is 3.61. The van der Waals surface area contributed by atoms with Gasteiger partial charge in [0.2, 0.25) is 0 Å². The molecule has 0 unspecified atom stereocenters. The minimum atomic E-state index is -1.04. The number of thiocarbonyl (C=S) groups is 1. The van der Waals surface area contributed by atoms with Gasteiger partial charge in [-0.25, -0.2) is 10.0 Å². The maximum absolute atomic E-state index is 5.81. The van der Waals surface area contributed by atoms with E-state index >= 15 is 0 Å². The van der Waals surface area contributed by atoms with Crippen molar-refractivity contribution >= 4 is 37.2 Å². The molecular formula is C16H23N3OSSi. The first-order chi connectivity index (χ1) is 10.4. The second-order valence-corrected chi connectivity index (χ2v) is 13.3. The first-order valence-electron chi connectivity index (χ1n) is 7.86. The van der Waals surface area contributed by atoms with E-state index in [1.54, 1.807) is 0 Å². The Balaban J connectivity index is 1.68. The number of allylic oxidation sites excluding steroid dienone is 2. The van der Waals surface area contributed by atoms with Crippen LogP contribution in [0, 0.1) is 0 Å². The van der Waals surface area contributed by atoms with E-state index in [0.29, 0.717) is 6.73 Å². The van der Waals surface area contributed by atoms with Crippen LogP contribution in [0.5, 0.6) is 0 Å².